The van der Waals surface area contributed by atoms with Gasteiger partial charge in [0, 0.05) is 4.88 Å². The average Bonchev–Trinajstić information content (AvgIpc) is 2.44. The molecule has 1 amide bonds. The Kier molecular flexibility index (Phi) is 1.68. The lowest BCUT2D eigenvalue weighted by Gasteiger charge is -2.10. The van der Waals surface area contributed by atoms with Gasteiger partial charge in [0.15, 0.2) is 0 Å². The van der Waals surface area contributed by atoms with Crippen LogP contribution in [-0.4, -0.2) is 5.91 Å². The van der Waals surface area contributed by atoms with E-state index in [0.29, 0.717) is 5.92 Å². The third kappa shape index (κ3) is 0.966. The highest BCUT2D eigenvalue weighted by Crippen LogP contribution is 2.40. The Labute approximate surface area is 75.6 Å². The maximum atomic E-state index is 11.4. The molecule has 1 aliphatic rings. The first-order chi connectivity index (χ1) is 5.70. The molecule has 0 fully saturated rings. The van der Waals surface area contributed by atoms with Gasteiger partial charge in [-0.3, -0.25) is 4.79 Å². The number of amides is 1. The van der Waals surface area contributed by atoms with Gasteiger partial charge in [0.05, 0.1) is 11.6 Å². The molecule has 0 saturated heterocycles. The number of carbonyl (C=O) groups is 1. The van der Waals surface area contributed by atoms with Crippen LogP contribution in [0.5, 0.6) is 0 Å². The second-order valence-electron chi connectivity index (χ2n) is 3.41. The second-order valence-corrected chi connectivity index (χ2v) is 4.36. The molecule has 1 atom stereocenters. The number of fused-ring (bicyclic) bond motifs is 1. The van der Waals surface area contributed by atoms with Gasteiger partial charge in [-0.2, -0.15) is 0 Å². The van der Waals surface area contributed by atoms with Crippen LogP contribution in [0.2, 0.25) is 0 Å². The maximum absolute atomic E-state index is 11.4. The smallest absolute Gasteiger partial charge is 0.233 e. The van der Waals surface area contributed by atoms with Gasteiger partial charge >= 0.3 is 0 Å². The second kappa shape index (κ2) is 2.59. The van der Waals surface area contributed by atoms with E-state index in [0.717, 1.165) is 5.69 Å². The van der Waals surface area contributed by atoms with Crippen LogP contribution in [0.15, 0.2) is 11.4 Å². The number of hydrogen-bond acceptors (Lipinski definition) is 2. The third-order valence-corrected chi connectivity index (χ3v) is 3.18. The van der Waals surface area contributed by atoms with Gasteiger partial charge in [0.2, 0.25) is 5.91 Å². The zero-order valence-corrected chi connectivity index (χ0v) is 7.94. The van der Waals surface area contributed by atoms with Crippen LogP contribution >= 0.6 is 11.3 Å². The SMILES string of the molecule is CC(C)C1C(=O)Nc2ccsc21. The average molecular weight is 181 g/mol. The summed E-state index contributed by atoms with van der Waals surface area (Å²) in [5.74, 6) is 0.636. The minimum Gasteiger partial charge on any atom is -0.324 e. The van der Waals surface area contributed by atoms with Crippen LogP contribution in [0, 0.1) is 5.92 Å². The topological polar surface area (TPSA) is 29.1 Å². The Morgan fingerprint density at radius 3 is 3.00 bits per heavy atom. The molecular formula is C9H11NOS. The highest BCUT2D eigenvalue weighted by Gasteiger charge is 2.33. The molecule has 1 unspecified atom stereocenters. The van der Waals surface area contributed by atoms with E-state index in [4.69, 9.17) is 0 Å². The summed E-state index contributed by atoms with van der Waals surface area (Å²) in [6, 6.07) is 1.97. The summed E-state index contributed by atoms with van der Waals surface area (Å²) in [5.41, 5.74) is 1.02. The molecule has 1 N–H and O–H groups in total. The lowest BCUT2D eigenvalue weighted by atomic mass is 9.96. The summed E-state index contributed by atoms with van der Waals surface area (Å²) in [4.78, 5) is 12.6. The predicted molar refractivity (Wildman–Crippen MR) is 50.5 cm³/mol. The van der Waals surface area contributed by atoms with Crippen LogP contribution in [0.25, 0.3) is 0 Å². The van der Waals surface area contributed by atoms with Crippen molar-refractivity contribution in [2.24, 2.45) is 5.92 Å². The zero-order valence-electron chi connectivity index (χ0n) is 7.13. The van der Waals surface area contributed by atoms with Crippen molar-refractivity contribution in [1.82, 2.24) is 0 Å². The number of thiophene rings is 1. The number of carbonyl (C=O) groups excluding carboxylic acids is 1. The van der Waals surface area contributed by atoms with Gasteiger partial charge in [0.1, 0.15) is 0 Å². The predicted octanol–water partition coefficient (Wildman–Crippen LogP) is 2.44. The standard InChI is InChI=1S/C9H11NOS/c1-5(2)7-8-6(3-4-12-8)10-9(7)11/h3-5,7H,1-2H3,(H,10,11). The molecule has 0 spiro atoms. The van der Waals surface area contributed by atoms with Crippen molar-refractivity contribution in [1.29, 1.82) is 0 Å². The van der Waals surface area contributed by atoms with Gasteiger partial charge in [0.25, 0.3) is 0 Å². The van der Waals surface area contributed by atoms with Crippen molar-refractivity contribution in [3.05, 3.63) is 16.3 Å². The molecule has 3 heteroatoms. The molecule has 2 heterocycles. The van der Waals surface area contributed by atoms with Gasteiger partial charge in [-0.1, -0.05) is 13.8 Å². The molecular weight excluding hydrogens is 170 g/mol. The Morgan fingerprint density at radius 1 is 1.58 bits per heavy atom. The van der Waals surface area contributed by atoms with Crippen molar-refractivity contribution in [2.45, 2.75) is 19.8 Å². The summed E-state index contributed by atoms with van der Waals surface area (Å²) >= 11 is 1.67. The van der Waals surface area contributed by atoms with Crippen LogP contribution in [0.1, 0.15) is 24.6 Å². The third-order valence-electron chi connectivity index (χ3n) is 2.18. The Balaban J connectivity index is 2.42. The summed E-state index contributed by atoms with van der Waals surface area (Å²) in [7, 11) is 0. The molecule has 2 nitrogen and oxygen atoms in total. The minimum absolute atomic E-state index is 0.0833. The molecule has 1 aromatic heterocycles. The number of anilines is 1. The number of nitrogens with one attached hydrogen (secondary N) is 1. The molecule has 2 rings (SSSR count). The van der Waals surface area contributed by atoms with Crippen molar-refractivity contribution >= 4 is 22.9 Å². The van der Waals surface area contributed by atoms with Crippen LogP contribution in [-0.2, 0) is 4.79 Å². The van der Waals surface area contributed by atoms with E-state index in [1.807, 2.05) is 11.4 Å². The molecule has 0 aliphatic carbocycles. The number of rotatable bonds is 1. The summed E-state index contributed by atoms with van der Waals surface area (Å²) in [6.45, 7) is 4.16. The van der Waals surface area contributed by atoms with Crippen molar-refractivity contribution in [2.75, 3.05) is 5.32 Å². The quantitative estimate of drug-likeness (QED) is 0.708. The van der Waals surface area contributed by atoms with E-state index >= 15 is 0 Å². The van der Waals surface area contributed by atoms with Crippen LogP contribution in [0.3, 0.4) is 0 Å². The molecule has 64 valence electrons. The van der Waals surface area contributed by atoms with E-state index in [2.05, 4.69) is 19.2 Å². The monoisotopic (exact) mass is 181 g/mol. The lowest BCUT2D eigenvalue weighted by molar-refractivity contribution is -0.117. The Hall–Kier alpha value is -0.830. The summed E-state index contributed by atoms with van der Waals surface area (Å²) in [5, 5.41) is 4.91. The van der Waals surface area contributed by atoms with E-state index in [-0.39, 0.29) is 11.8 Å². The highest BCUT2D eigenvalue weighted by molar-refractivity contribution is 7.11. The normalized spacial score (nSPS) is 21.2. The minimum atomic E-state index is 0.0833. The maximum Gasteiger partial charge on any atom is 0.233 e. The Morgan fingerprint density at radius 2 is 2.33 bits per heavy atom. The molecule has 0 radical (unpaired) electrons. The van der Waals surface area contributed by atoms with Gasteiger partial charge in [-0.15, -0.1) is 11.3 Å². The number of hydrogen-bond donors (Lipinski definition) is 1. The lowest BCUT2D eigenvalue weighted by Crippen LogP contribution is -2.16. The van der Waals surface area contributed by atoms with Crippen molar-refractivity contribution < 1.29 is 4.79 Å². The summed E-state index contributed by atoms with van der Waals surface area (Å²) in [6.07, 6.45) is 0. The molecule has 12 heavy (non-hydrogen) atoms. The van der Waals surface area contributed by atoms with E-state index < -0.39 is 0 Å². The first-order valence-electron chi connectivity index (χ1n) is 4.08. The van der Waals surface area contributed by atoms with Gasteiger partial charge < -0.3 is 5.32 Å². The largest absolute Gasteiger partial charge is 0.324 e. The van der Waals surface area contributed by atoms with E-state index in [9.17, 15) is 4.79 Å². The summed E-state index contributed by atoms with van der Waals surface area (Å²) < 4.78 is 0. The zero-order chi connectivity index (χ0) is 8.72. The first-order valence-corrected chi connectivity index (χ1v) is 4.96. The van der Waals surface area contributed by atoms with Crippen molar-refractivity contribution in [3.63, 3.8) is 0 Å². The molecule has 1 aliphatic heterocycles. The first kappa shape index (κ1) is 7.80. The fourth-order valence-corrected chi connectivity index (χ4v) is 2.72. The van der Waals surface area contributed by atoms with Gasteiger partial charge in [-0.05, 0) is 17.4 Å². The molecule has 1 aromatic rings. The highest BCUT2D eigenvalue weighted by atomic mass is 32.1. The van der Waals surface area contributed by atoms with Crippen molar-refractivity contribution in [3.8, 4) is 0 Å². The van der Waals surface area contributed by atoms with E-state index in [1.165, 1.54) is 4.88 Å². The molecule has 0 saturated carbocycles. The van der Waals surface area contributed by atoms with Crippen LogP contribution < -0.4 is 5.32 Å². The fourth-order valence-electron chi connectivity index (χ4n) is 1.60. The molecule has 0 aromatic carbocycles. The van der Waals surface area contributed by atoms with E-state index in [1.54, 1.807) is 11.3 Å². The fraction of sp³-hybridized carbons (Fsp3) is 0.444. The van der Waals surface area contributed by atoms with Crippen LogP contribution in [0.4, 0.5) is 5.69 Å². The Bertz CT molecular complexity index is 316. The van der Waals surface area contributed by atoms with Gasteiger partial charge in [-0.25, -0.2) is 0 Å². The molecule has 0 bridgehead atoms.